The van der Waals surface area contributed by atoms with Crippen molar-refractivity contribution in [2.24, 2.45) is 0 Å². The van der Waals surface area contributed by atoms with E-state index in [0.29, 0.717) is 19.4 Å². The van der Waals surface area contributed by atoms with Crippen LogP contribution < -0.4 is 5.32 Å². The number of aliphatic hydroxyl groups is 2. The number of esters is 1. The summed E-state index contributed by atoms with van der Waals surface area (Å²) in [5, 5.41) is 23.0. The zero-order chi connectivity index (χ0) is 55.7. The molecule has 0 saturated heterocycles. The van der Waals surface area contributed by atoms with Crippen LogP contribution >= 0.6 is 0 Å². The lowest BCUT2D eigenvalue weighted by Gasteiger charge is -2.20. The number of amides is 1. The summed E-state index contributed by atoms with van der Waals surface area (Å²) in [6.45, 7) is 4.91. The van der Waals surface area contributed by atoms with Gasteiger partial charge in [0.05, 0.1) is 25.4 Å². The van der Waals surface area contributed by atoms with Crippen LogP contribution in [0.25, 0.3) is 0 Å². The maximum atomic E-state index is 12.4. The van der Waals surface area contributed by atoms with Gasteiger partial charge in [-0.05, 0) is 57.8 Å². The lowest BCUT2D eigenvalue weighted by molar-refractivity contribution is -0.143. The monoisotopic (exact) mass is 1080 g/mol. The molecule has 0 bridgehead atoms. The number of hydrogen-bond acceptors (Lipinski definition) is 5. The molecule has 3 N–H and O–H groups in total. The van der Waals surface area contributed by atoms with E-state index in [1.54, 1.807) is 6.08 Å². The highest BCUT2D eigenvalue weighted by molar-refractivity contribution is 5.76. The van der Waals surface area contributed by atoms with Gasteiger partial charge in [-0.15, -0.1) is 0 Å². The Hall–Kier alpha value is -1.66. The van der Waals surface area contributed by atoms with Gasteiger partial charge in [0, 0.05) is 12.8 Å². The summed E-state index contributed by atoms with van der Waals surface area (Å²) in [5.74, 6) is -0.0411. The van der Waals surface area contributed by atoms with Crippen molar-refractivity contribution in [1.82, 2.24) is 5.32 Å². The molecule has 0 aliphatic heterocycles. The van der Waals surface area contributed by atoms with Crippen LogP contribution in [0.3, 0.4) is 0 Å². The molecule has 0 aliphatic carbocycles. The van der Waals surface area contributed by atoms with Crippen molar-refractivity contribution in [3.63, 3.8) is 0 Å². The summed E-state index contributed by atoms with van der Waals surface area (Å²) in [4.78, 5) is 24.5. The second-order valence-corrected chi connectivity index (χ2v) is 24.2. The topological polar surface area (TPSA) is 95.9 Å². The van der Waals surface area contributed by atoms with Crippen molar-refractivity contribution in [3.05, 3.63) is 24.3 Å². The van der Waals surface area contributed by atoms with Crippen molar-refractivity contribution in [1.29, 1.82) is 0 Å². The maximum Gasteiger partial charge on any atom is 0.305 e. The standard InChI is InChI=1S/C71H137NO5/c1-3-5-7-9-11-13-15-41-45-49-53-57-61-65-71(76)77-66-62-58-54-50-46-43-40-38-36-34-32-30-28-26-24-22-20-18-16-17-19-21-23-25-27-29-31-33-35-37-39-42-44-48-52-56-60-64-70(75)72-68(67-73)69(74)63-59-55-51-47-14-12-10-8-6-4-2/h16,18,59,63,68-69,73-74H,3-15,17,19-58,60-62,64-67H2,1-2H3,(H,72,75)/b18-16-,63-59+. The fourth-order valence-corrected chi connectivity index (χ4v) is 11.1. The van der Waals surface area contributed by atoms with Gasteiger partial charge in [-0.1, -0.05) is 346 Å². The lowest BCUT2D eigenvalue weighted by atomic mass is 10.0. The Kier molecular flexibility index (Phi) is 65.4. The van der Waals surface area contributed by atoms with Gasteiger partial charge in [-0.25, -0.2) is 0 Å². The lowest BCUT2D eigenvalue weighted by Crippen LogP contribution is -2.45. The summed E-state index contributed by atoms with van der Waals surface area (Å²) in [7, 11) is 0. The highest BCUT2D eigenvalue weighted by Gasteiger charge is 2.18. The van der Waals surface area contributed by atoms with Crippen molar-refractivity contribution in [2.75, 3.05) is 13.2 Å². The molecule has 0 heterocycles. The summed E-state index contributed by atoms with van der Waals surface area (Å²) < 4.78 is 5.49. The second-order valence-electron chi connectivity index (χ2n) is 24.2. The molecular formula is C71H137NO5. The number of aliphatic hydroxyl groups excluding tert-OH is 2. The average Bonchev–Trinajstić information content (AvgIpc) is 3.43. The van der Waals surface area contributed by atoms with E-state index in [2.05, 4.69) is 31.3 Å². The Morgan fingerprint density at radius 1 is 0.351 bits per heavy atom. The van der Waals surface area contributed by atoms with E-state index in [9.17, 15) is 19.8 Å². The number of unbranched alkanes of at least 4 members (excludes halogenated alkanes) is 53. The third-order valence-electron chi connectivity index (χ3n) is 16.5. The smallest absolute Gasteiger partial charge is 0.305 e. The Balaban J connectivity index is 3.31. The minimum atomic E-state index is -0.839. The maximum absolute atomic E-state index is 12.4. The van der Waals surface area contributed by atoms with Crippen molar-refractivity contribution in [3.8, 4) is 0 Å². The van der Waals surface area contributed by atoms with Gasteiger partial charge in [0.1, 0.15) is 0 Å². The summed E-state index contributed by atoms with van der Waals surface area (Å²) >= 11 is 0. The van der Waals surface area contributed by atoms with Crippen molar-refractivity contribution in [2.45, 2.75) is 405 Å². The average molecular weight is 1080 g/mol. The largest absolute Gasteiger partial charge is 0.466 e. The fraction of sp³-hybridized carbons (Fsp3) is 0.915. The minimum absolute atomic E-state index is 0.0232. The Labute approximate surface area is 481 Å². The summed E-state index contributed by atoms with van der Waals surface area (Å²) in [6, 6.07) is -0.622. The van der Waals surface area contributed by atoms with Crippen LogP contribution in [0.15, 0.2) is 24.3 Å². The molecule has 77 heavy (non-hydrogen) atoms. The molecule has 0 saturated carbocycles. The number of allylic oxidation sites excluding steroid dienone is 3. The predicted molar refractivity (Wildman–Crippen MR) is 338 cm³/mol. The molecule has 2 unspecified atom stereocenters. The number of hydrogen-bond donors (Lipinski definition) is 3. The van der Waals surface area contributed by atoms with Crippen LogP contribution in [0.2, 0.25) is 0 Å². The van der Waals surface area contributed by atoms with E-state index in [1.165, 1.54) is 327 Å². The number of carbonyl (C=O) groups excluding carboxylic acids is 2. The highest BCUT2D eigenvalue weighted by atomic mass is 16.5. The molecule has 6 heteroatoms. The predicted octanol–water partition coefficient (Wildman–Crippen LogP) is 22.5. The normalized spacial score (nSPS) is 12.6. The molecule has 0 aliphatic rings. The van der Waals surface area contributed by atoms with Gasteiger partial charge in [0.25, 0.3) is 0 Å². The van der Waals surface area contributed by atoms with Crippen LogP contribution in [-0.2, 0) is 14.3 Å². The first-order chi connectivity index (χ1) is 38.0. The third-order valence-corrected chi connectivity index (χ3v) is 16.5. The van der Waals surface area contributed by atoms with Gasteiger partial charge in [-0.2, -0.15) is 0 Å². The zero-order valence-electron chi connectivity index (χ0n) is 52.2. The third kappa shape index (κ3) is 63.4. The van der Waals surface area contributed by atoms with E-state index >= 15 is 0 Å². The molecule has 6 nitrogen and oxygen atoms in total. The second kappa shape index (κ2) is 66.8. The minimum Gasteiger partial charge on any atom is -0.466 e. The van der Waals surface area contributed by atoms with Gasteiger partial charge < -0.3 is 20.3 Å². The van der Waals surface area contributed by atoms with E-state index in [0.717, 1.165) is 38.5 Å². The summed E-state index contributed by atoms with van der Waals surface area (Å²) in [5.41, 5.74) is 0. The number of rotatable bonds is 66. The molecule has 0 radical (unpaired) electrons. The van der Waals surface area contributed by atoms with Crippen LogP contribution in [-0.4, -0.2) is 47.4 Å². The molecule has 2 atom stereocenters. The Morgan fingerprint density at radius 3 is 0.922 bits per heavy atom. The van der Waals surface area contributed by atoms with E-state index in [-0.39, 0.29) is 18.5 Å². The molecule has 0 aromatic rings. The van der Waals surface area contributed by atoms with Gasteiger partial charge in [0.2, 0.25) is 5.91 Å². The SMILES string of the molecule is CCCCCCCCCC/C=C/C(O)C(CO)NC(=O)CCCCCCCCCCCCCCCCCCC/C=C\CCCCCCCCCCCCCCCCCCOC(=O)CCCCCCCCCCCCCCC. The van der Waals surface area contributed by atoms with Gasteiger partial charge in [0.15, 0.2) is 0 Å². The van der Waals surface area contributed by atoms with Crippen LogP contribution in [0.5, 0.6) is 0 Å². The van der Waals surface area contributed by atoms with E-state index < -0.39 is 12.1 Å². The Bertz CT molecular complexity index is 1200. The molecule has 0 aromatic carbocycles. The van der Waals surface area contributed by atoms with Crippen molar-refractivity contribution < 1.29 is 24.5 Å². The Morgan fingerprint density at radius 2 is 0.610 bits per heavy atom. The van der Waals surface area contributed by atoms with Crippen LogP contribution in [0, 0.1) is 0 Å². The zero-order valence-corrected chi connectivity index (χ0v) is 52.2. The molecule has 456 valence electrons. The van der Waals surface area contributed by atoms with Gasteiger partial charge in [-0.3, -0.25) is 9.59 Å². The molecule has 0 spiro atoms. The fourth-order valence-electron chi connectivity index (χ4n) is 11.1. The van der Waals surface area contributed by atoms with Crippen molar-refractivity contribution >= 4 is 11.9 Å². The van der Waals surface area contributed by atoms with E-state index in [4.69, 9.17) is 4.74 Å². The first-order valence-corrected chi connectivity index (χ1v) is 35.1. The van der Waals surface area contributed by atoms with Crippen LogP contribution in [0.1, 0.15) is 393 Å². The molecule has 0 fully saturated rings. The summed E-state index contributed by atoms with van der Waals surface area (Å²) in [6.07, 6.45) is 84.3. The quantitative estimate of drug-likeness (QED) is 0.0320. The first-order valence-electron chi connectivity index (χ1n) is 35.1. The van der Waals surface area contributed by atoms with Crippen LogP contribution in [0.4, 0.5) is 0 Å². The molecule has 0 aromatic heterocycles. The first kappa shape index (κ1) is 75.3. The molecule has 1 amide bonds. The molecule has 0 rings (SSSR count). The number of ether oxygens (including phenoxy) is 1. The highest BCUT2D eigenvalue weighted by Crippen LogP contribution is 2.19. The number of nitrogens with one attached hydrogen (secondary N) is 1. The van der Waals surface area contributed by atoms with E-state index in [1.807, 2.05) is 6.08 Å². The number of carbonyl (C=O) groups is 2. The molecular weight excluding hydrogens is 947 g/mol. The van der Waals surface area contributed by atoms with Gasteiger partial charge >= 0.3 is 5.97 Å².